The number of carbonyl (C=O) groups is 2. The van der Waals surface area contributed by atoms with Crippen molar-refractivity contribution in [2.75, 3.05) is 13.2 Å². The van der Waals surface area contributed by atoms with Crippen LogP contribution in [0.15, 0.2) is 24.3 Å². The van der Waals surface area contributed by atoms with Gasteiger partial charge in [-0.1, -0.05) is 24.3 Å². The minimum absolute atomic E-state index is 0.0162. The second kappa shape index (κ2) is 5.75. The van der Waals surface area contributed by atoms with Crippen LogP contribution in [-0.2, 0) is 16.0 Å². The fourth-order valence-electron chi connectivity index (χ4n) is 2.41. The minimum Gasteiger partial charge on any atom is -0.450 e. The lowest BCUT2D eigenvalue weighted by Crippen LogP contribution is -2.47. The minimum atomic E-state index is -5.01. The number of Topliss-reactive ketones (excluding diaryl/α,β-unsaturated/α-hetero) is 1. The van der Waals surface area contributed by atoms with E-state index in [-0.39, 0.29) is 18.7 Å². The highest BCUT2D eigenvalue weighted by Crippen LogP contribution is 2.35. The zero-order chi connectivity index (χ0) is 15.6. The molecule has 21 heavy (non-hydrogen) atoms. The Bertz CT molecular complexity index is 557. The molecular weight excluding hydrogens is 287 g/mol. The SMILES string of the molecule is CCOC(=O)N1CCc2ccccc2C1C(=O)C(F)(F)F. The first kappa shape index (κ1) is 15.3. The number of hydrogen-bond acceptors (Lipinski definition) is 3. The van der Waals surface area contributed by atoms with E-state index in [4.69, 9.17) is 4.74 Å². The van der Waals surface area contributed by atoms with E-state index in [9.17, 15) is 22.8 Å². The van der Waals surface area contributed by atoms with Gasteiger partial charge in [0.15, 0.2) is 0 Å². The van der Waals surface area contributed by atoms with Crippen molar-refractivity contribution in [3.8, 4) is 0 Å². The van der Waals surface area contributed by atoms with E-state index in [1.807, 2.05) is 0 Å². The number of hydrogen-bond donors (Lipinski definition) is 0. The summed E-state index contributed by atoms with van der Waals surface area (Å²) in [6, 6.07) is 4.66. The molecule has 1 aromatic carbocycles. The van der Waals surface area contributed by atoms with Crippen LogP contribution in [0.3, 0.4) is 0 Å². The normalized spacial score (nSPS) is 18.1. The zero-order valence-electron chi connectivity index (χ0n) is 11.3. The third-order valence-corrected chi connectivity index (χ3v) is 3.31. The number of halogens is 3. The van der Waals surface area contributed by atoms with Crippen LogP contribution in [0.5, 0.6) is 0 Å². The molecule has 1 aliphatic heterocycles. The topological polar surface area (TPSA) is 46.6 Å². The third-order valence-electron chi connectivity index (χ3n) is 3.31. The Balaban J connectivity index is 2.44. The molecule has 2 rings (SSSR count). The number of rotatable bonds is 2. The Morgan fingerprint density at radius 3 is 2.62 bits per heavy atom. The Morgan fingerprint density at radius 1 is 1.33 bits per heavy atom. The molecule has 0 bridgehead atoms. The molecule has 1 atom stereocenters. The quantitative estimate of drug-likeness (QED) is 0.844. The van der Waals surface area contributed by atoms with Crippen LogP contribution in [-0.4, -0.2) is 36.1 Å². The second-order valence-electron chi connectivity index (χ2n) is 4.61. The lowest BCUT2D eigenvalue weighted by Gasteiger charge is -2.35. The van der Waals surface area contributed by atoms with E-state index in [0.717, 1.165) is 4.90 Å². The van der Waals surface area contributed by atoms with Crippen LogP contribution in [0, 0.1) is 0 Å². The summed E-state index contributed by atoms with van der Waals surface area (Å²) in [7, 11) is 0. The number of ether oxygens (including phenoxy) is 1. The molecule has 0 spiro atoms. The van der Waals surface area contributed by atoms with E-state index >= 15 is 0 Å². The summed E-state index contributed by atoms with van der Waals surface area (Å²) in [5.41, 5.74) is 0.847. The van der Waals surface area contributed by atoms with E-state index in [0.29, 0.717) is 12.0 Å². The first-order valence-corrected chi connectivity index (χ1v) is 6.48. The van der Waals surface area contributed by atoms with Crippen LogP contribution < -0.4 is 0 Å². The molecule has 0 aromatic heterocycles. The number of amides is 1. The molecule has 1 aliphatic rings. The highest BCUT2D eigenvalue weighted by atomic mass is 19.4. The Morgan fingerprint density at radius 2 is 2.00 bits per heavy atom. The van der Waals surface area contributed by atoms with Gasteiger partial charge in [0, 0.05) is 6.54 Å². The van der Waals surface area contributed by atoms with Gasteiger partial charge in [0.05, 0.1) is 6.61 Å². The predicted octanol–water partition coefficient (Wildman–Crippen LogP) is 2.87. The van der Waals surface area contributed by atoms with Crippen LogP contribution in [0.25, 0.3) is 0 Å². The summed E-state index contributed by atoms with van der Waals surface area (Å²) in [4.78, 5) is 24.4. The lowest BCUT2D eigenvalue weighted by molar-refractivity contribution is -0.176. The average Bonchev–Trinajstić information content (AvgIpc) is 2.44. The van der Waals surface area contributed by atoms with E-state index < -0.39 is 24.1 Å². The summed E-state index contributed by atoms with van der Waals surface area (Å²) in [6.07, 6.45) is -5.54. The van der Waals surface area contributed by atoms with Gasteiger partial charge in [-0.2, -0.15) is 13.2 Å². The van der Waals surface area contributed by atoms with E-state index in [1.165, 1.54) is 6.07 Å². The Labute approximate surface area is 119 Å². The average molecular weight is 301 g/mol. The van der Waals surface area contributed by atoms with Crippen molar-refractivity contribution in [2.45, 2.75) is 25.6 Å². The van der Waals surface area contributed by atoms with Crippen molar-refractivity contribution in [3.63, 3.8) is 0 Å². The molecule has 0 saturated carbocycles. The molecule has 0 fully saturated rings. The zero-order valence-corrected chi connectivity index (χ0v) is 11.3. The molecule has 1 heterocycles. The largest absolute Gasteiger partial charge is 0.452 e. The lowest BCUT2D eigenvalue weighted by atomic mass is 9.90. The first-order chi connectivity index (χ1) is 9.86. The van der Waals surface area contributed by atoms with Crippen molar-refractivity contribution in [1.82, 2.24) is 4.90 Å². The number of nitrogens with zero attached hydrogens (tertiary/aromatic N) is 1. The maximum Gasteiger partial charge on any atom is 0.452 e. The molecule has 0 aliphatic carbocycles. The van der Waals surface area contributed by atoms with Crippen molar-refractivity contribution in [2.24, 2.45) is 0 Å². The molecule has 1 aromatic rings. The molecule has 1 unspecified atom stereocenters. The standard InChI is InChI=1S/C14H14F3NO3/c1-2-21-13(20)18-8-7-9-5-3-4-6-10(9)11(18)12(19)14(15,16)17/h3-6,11H,2,7-8H2,1H3. The molecule has 0 N–H and O–H groups in total. The van der Waals surface area contributed by atoms with Crippen LogP contribution >= 0.6 is 0 Å². The van der Waals surface area contributed by atoms with E-state index in [1.54, 1.807) is 25.1 Å². The van der Waals surface area contributed by atoms with Gasteiger partial charge in [0.25, 0.3) is 5.78 Å². The van der Waals surface area contributed by atoms with Gasteiger partial charge in [-0.05, 0) is 24.5 Å². The highest BCUT2D eigenvalue weighted by molar-refractivity contribution is 5.93. The number of carbonyl (C=O) groups excluding carboxylic acids is 2. The van der Waals surface area contributed by atoms with Gasteiger partial charge in [-0.25, -0.2) is 4.79 Å². The third kappa shape index (κ3) is 3.01. The molecule has 114 valence electrons. The maximum absolute atomic E-state index is 12.8. The summed E-state index contributed by atoms with van der Waals surface area (Å²) < 4.78 is 43.2. The molecule has 7 heteroatoms. The Hall–Kier alpha value is -2.05. The number of benzene rings is 1. The maximum atomic E-state index is 12.8. The van der Waals surface area contributed by atoms with Gasteiger partial charge in [0.2, 0.25) is 0 Å². The van der Waals surface area contributed by atoms with Gasteiger partial charge in [-0.15, -0.1) is 0 Å². The van der Waals surface area contributed by atoms with Crippen LogP contribution in [0.2, 0.25) is 0 Å². The van der Waals surface area contributed by atoms with Gasteiger partial charge >= 0.3 is 12.3 Å². The van der Waals surface area contributed by atoms with Gasteiger partial charge in [-0.3, -0.25) is 9.69 Å². The molecular formula is C14H14F3NO3. The summed E-state index contributed by atoms with van der Waals surface area (Å²) in [5.74, 6) is -1.96. The molecule has 1 amide bonds. The molecule has 4 nitrogen and oxygen atoms in total. The van der Waals surface area contributed by atoms with Crippen molar-refractivity contribution in [1.29, 1.82) is 0 Å². The second-order valence-corrected chi connectivity index (χ2v) is 4.61. The smallest absolute Gasteiger partial charge is 0.450 e. The van der Waals surface area contributed by atoms with Crippen molar-refractivity contribution < 1.29 is 27.5 Å². The molecule has 0 radical (unpaired) electrons. The number of ketones is 1. The van der Waals surface area contributed by atoms with Crippen molar-refractivity contribution in [3.05, 3.63) is 35.4 Å². The predicted molar refractivity (Wildman–Crippen MR) is 67.7 cm³/mol. The summed E-state index contributed by atoms with van der Waals surface area (Å²) >= 11 is 0. The van der Waals surface area contributed by atoms with Crippen molar-refractivity contribution >= 4 is 11.9 Å². The van der Waals surface area contributed by atoms with Crippen LogP contribution in [0.1, 0.15) is 24.1 Å². The highest BCUT2D eigenvalue weighted by Gasteiger charge is 2.49. The van der Waals surface area contributed by atoms with Crippen LogP contribution in [0.4, 0.5) is 18.0 Å². The summed E-state index contributed by atoms with van der Waals surface area (Å²) in [6.45, 7) is 1.60. The Kier molecular flexibility index (Phi) is 4.20. The fraction of sp³-hybridized carbons (Fsp3) is 0.429. The summed E-state index contributed by atoms with van der Waals surface area (Å²) in [5, 5.41) is 0. The van der Waals surface area contributed by atoms with E-state index in [2.05, 4.69) is 0 Å². The molecule has 0 saturated heterocycles. The first-order valence-electron chi connectivity index (χ1n) is 6.48. The number of alkyl halides is 3. The monoisotopic (exact) mass is 301 g/mol. The van der Waals surface area contributed by atoms with Gasteiger partial charge < -0.3 is 4.74 Å². The number of fused-ring (bicyclic) bond motifs is 1. The van der Waals surface area contributed by atoms with Gasteiger partial charge in [0.1, 0.15) is 6.04 Å². The fourth-order valence-corrected chi connectivity index (χ4v) is 2.41.